The molecule has 1 atom stereocenters. The molecule has 0 radical (unpaired) electrons. The molecule has 4 aromatic rings. The molecule has 2 N–H and O–H groups in total. The van der Waals surface area contributed by atoms with Crippen LogP contribution in [0.2, 0.25) is 0 Å². The second kappa shape index (κ2) is 11.5. The zero-order valence-electron chi connectivity index (χ0n) is 20.6. The van der Waals surface area contributed by atoms with Crippen molar-refractivity contribution in [3.05, 3.63) is 134 Å². The molecule has 0 saturated carbocycles. The van der Waals surface area contributed by atoms with E-state index in [1.165, 1.54) is 60.8 Å². The molecule has 1 heterocycles. The molecule has 1 aromatic heterocycles. The average molecular weight is 533 g/mol. The monoisotopic (exact) mass is 532 g/mol. The number of carbonyl (C=O) groups is 2. The lowest BCUT2D eigenvalue weighted by molar-refractivity contribution is -0.384. The molecule has 0 aliphatic rings. The van der Waals surface area contributed by atoms with E-state index in [1.807, 2.05) is 0 Å². The number of hydrazine groups is 1. The number of pyridine rings is 1. The first-order valence-corrected chi connectivity index (χ1v) is 11.7. The third kappa shape index (κ3) is 6.39. The summed E-state index contributed by atoms with van der Waals surface area (Å²) < 4.78 is 27.7. The van der Waals surface area contributed by atoms with Gasteiger partial charge in [-0.1, -0.05) is 23.8 Å². The van der Waals surface area contributed by atoms with Crippen molar-refractivity contribution in [2.45, 2.75) is 19.4 Å². The number of nitro benzene ring substituents is 1. The van der Waals surface area contributed by atoms with E-state index in [0.29, 0.717) is 5.56 Å². The van der Waals surface area contributed by atoms with Crippen LogP contribution in [0.3, 0.4) is 0 Å². The number of nitrogens with zero attached hydrogens (tertiary/aromatic N) is 2. The summed E-state index contributed by atoms with van der Waals surface area (Å²) in [4.78, 5) is 49.7. The van der Waals surface area contributed by atoms with Gasteiger partial charge in [0.25, 0.3) is 23.1 Å². The molecular formula is C28H22F2N4O5. The Morgan fingerprint density at radius 2 is 1.56 bits per heavy atom. The molecule has 0 fully saturated rings. The molecule has 9 nitrogen and oxygen atoms in total. The van der Waals surface area contributed by atoms with Crippen LogP contribution in [0.5, 0.6) is 0 Å². The molecular weight excluding hydrogens is 510 g/mol. The van der Waals surface area contributed by atoms with Crippen LogP contribution in [-0.4, -0.2) is 21.3 Å². The molecule has 4 rings (SSSR count). The van der Waals surface area contributed by atoms with Crippen LogP contribution in [-0.2, 0) is 11.2 Å². The number of aryl methyl sites for hydroxylation is 1. The Kier molecular flexibility index (Phi) is 7.90. The van der Waals surface area contributed by atoms with Gasteiger partial charge in [-0.05, 0) is 66.6 Å². The predicted octanol–water partition coefficient (Wildman–Crippen LogP) is 4.26. The molecule has 198 valence electrons. The minimum Gasteiger partial charge on any atom is -0.303 e. The van der Waals surface area contributed by atoms with Gasteiger partial charge in [0.15, 0.2) is 0 Å². The van der Waals surface area contributed by atoms with Crippen molar-refractivity contribution in [3.63, 3.8) is 0 Å². The number of aromatic nitrogens is 1. The van der Waals surface area contributed by atoms with Crippen molar-refractivity contribution >= 4 is 17.5 Å². The molecule has 1 unspecified atom stereocenters. The second-order valence-corrected chi connectivity index (χ2v) is 8.74. The normalized spacial score (nSPS) is 11.5. The molecule has 3 aromatic carbocycles. The van der Waals surface area contributed by atoms with E-state index >= 15 is 0 Å². The van der Waals surface area contributed by atoms with E-state index in [0.717, 1.165) is 22.3 Å². The molecule has 2 amide bonds. The Bertz CT molecular complexity index is 1600. The predicted molar refractivity (Wildman–Crippen MR) is 139 cm³/mol. The molecule has 0 spiro atoms. The maximum Gasteiger partial charge on any atom is 0.277 e. The fourth-order valence-electron chi connectivity index (χ4n) is 3.99. The van der Waals surface area contributed by atoms with Crippen molar-refractivity contribution < 1.29 is 23.3 Å². The highest BCUT2D eigenvalue weighted by Gasteiger charge is 2.24. The summed E-state index contributed by atoms with van der Waals surface area (Å²) in [5.74, 6) is -2.48. The van der Waals surface area contributed by atoms with Crippen LogP contribution >= 0.6 is 0 Å². The van der Waals surface area contributed by atoms with E-state index in [2.05, 4.69) is 10.9 Å². The average Bonchev–Trinajstić information content (AvgIpc) is 2.91. The van der Waals surface area contributed by atoms with Crippen LogP contribution in [0.15, 0.2) is 89.9 Å². The molecule has 0 aliphatic carbocycles. The first-order chi connectivity index (χ1) is 18.6. The molecule has 0 aliphatic heterocycles. The van der Waals surface area contributed by atoms with Gasteiger partial charge < -0.3 is 4.57 Å². The van der Waals surface area contributed by atoms with Gasteiger partial charge in [-0.15, -0.1) is 0 Å². The Morgan fingerprint density at radius 1 is 0.923 bits per heavy atom. The first kappa shape index (κ1) is 26.9. The summed E-state index contributed by atoms with van der Waals surface area (Å²) in [6.45, 7) is 1.76. The minimum absolute atomic E-state index is 0.0393. The Labute approximate surface area is 220 Å². The number of amides is 2. The quantitative estimate of drug-likeness (QED) is 0.272. The highest BCUT2D eigenvalue weighted by Crippen LogP contribution is 2.30. The summed E-state index contributed by atoms with van der Waals surface area (Å²) >= 11 is 0. The molecule has 0 bridgehead atoms. The third-order valence-electron chi connectivity index (χ3n) is 5.99. The van der Waals surface area contributed by atoms with Crippen LogP contribution in [0.25, 0.3) is 11.1 Å². The summed E-state index contributed by atoms with van der Waals surface area (Å²) in [7, 11) is 0. The van der Waals surface area contributed by atoms with Crippen molar-refractivity contribution in [2.24, 2.45) is 0 Å². The number of rotatable bonds is 7. The fraction of sp³-hybridized carbons (Fsp3) is 0.107. The van der Waals surface area contributed by atoms with Gasteiger partial charge in [0, 0.05) is 30.3 Å². The van der Waals surface area contributed by atoms with Gasteiger partial charge in [-0.3, -0.25) is 35.3 Å². The molecule has 11 heteroatoms. The van der Waals surface area contributed by atoms with Crippen molar-refractivity contribution in [1.29, 1.82) is 0 Å². The highest BCUT2D eigenvalue weighted by molar-refractivity contribution is 5.95. The van der Waals surface area contributed by atoms with Gasteiger partial charge in [0.1, 0.15) is 17.7 Å². The maximum absolute atomic E-state index is 13.4. The lowest BCUT2D eigenvalue weighted by Crippen LogP contribution is -2.47. The van der Waals surface area contributed by atoms with Gasteiger partial charge in [-0.25, -0.2) is 8.78 Å². The largest absolute Gasteiger partial charge is 0.303 e. The Balaban J connectivity index is 1.65. The number of halogens is 2. The van der Waals surface area contributed by atoms with E-state index in [-0.39, 0.29) is 28.8 Å². The fourth-order valence-corrected chi connectivity index (χ4v) is 3.99. The lowest BCUT2D eigenvalue weighted by atomic mass is 10.0. The van der Waals surface area contributed by atoms with E-state index in [9.17, 15) is 33.3 Å². The second-order valence-electron chi connectivity index (χ2n) is 8.74. The summed E-state index contributed by atoms with van der Waals surface area (Å²) in [6.07, 6.45) is 1.29. The summed E-state index contributed by atoms with van der Waals surface area (Å²) in [5.41, 5.74) is 5.62. The van der Waals surface area contributed by atoms with Crippen LogP contribution < -0.4 is 16.4 Å². The zero-order chi connectivity index (χ0) is 28.1. The number of nitrogens with one attached hydrogen (secondary N) is 2. The first-order valence-electron chi connectivity index (χ1n) is 11.7. The van der Waals surface area contributed by atoms with Crippen LogP contribution in [0, 0.1) is 28.7 Å². The van der Waals surface area contributed by atoms with E-state index < -0.39 is 40.0 Å². The number of hydrogen-bond acceptors (Lipinski definition) is 5. The van der Waals surface area contributed by atoms with E-state index in [4.69, 9.17) is 0 Å². The van der Waals surface area contributed by atoms with Gasteiger partial charge >= 0.3 is 0 Å². The molecule has 39 heavy (non-hydrogen) atoms. The molecule has 0 saturated heterocycles. The topological polar surface area (TPSA) is 123 Å². The maximum atomic E-state index is 13.4. The van der Waals surface area contributed by atoms with Crippen molar-refractivity contribution in [1.82, 2.24) is 15.4 Å². The SMILES string of the molecule is Cc1ccc([N+](=O)[O-])c(-c2ccn(C(Cc3ccc(F)cc3)C(=O)NNC(=O)c3ccc(F)cc3)c(=O)c2)c1. The summed E-state index contributed by atoms with van der Waals surface area (Å²) in [6, 6.07) is 16.0. The van der Waals surface area contributed by atoms with E-state index in [1.54, 1.807) is 19.1 Å². The van der Waals surface area contributed by atoms with Crippen molar-refractivity contribution in [2.75, 3.05) is 0 Å². The number of hydrogen-bond donors (Lipinski definition) is 2. The zero-order valence-corrected chi connectivity index (χ0v) is 20.6. The standard InChI is InChI=1S/C28H22F2N4O5/c1-17-2-11-24(34(38)39)23(14-17)20-12-13-33(26(35)16-20)25(15-18-3-7-21(29)8-4-18)28(37)32-31-27(36)19-5-9-22(30)10-6-19/h2-14,16,25H,15H2,1H3,(H,31,36)(H,32,37). The Morgan fingerprint density at radius 3 is 2.18 bits per heavy atom. The van der Waals surface area contributed by atoms with Crippen LogP contribution in [0.4, 0.5) is 14.5 Å². The number of benzene rings is 3. The van der Waals surface area contributed by atoms with Gasteiger partial charge in [0.05, 0.1) is 10.5 Å². The number of nitro groups is 1. The third-order valence-corrected chi connectivity index (χ3v) is 5.99. The van der Waals surface area contributed by atoms with Gasteiger partial charge in [-0.2, -0.15) is 0 Å². The number of carbonyl (C=O) groups excluding carboxylic acids is 2. The summed E-state index contributed by atoms with van der Waals surface area (Å²) in [5, 5.41) is 11.5. The van der Waals surface area contributed by atoms with Gasteiger partial charge in [0.2, 0.25) is 0 Å². The highest BCUT2D eigenvalue weighted by atomic mass is 19.1. The van der Waals surface area contributed by atoms with Crippen LogP contribution in [0.1, 0.15) is 27.5 Å². The smallest absolute Gasteiger partial charge is 0.277 e. The Hall–Kier alpha value is -5.19. The minimum atomic E-state index is -1.18. The van der Waals surface area contributed by atoms with Crippen molar-refractivity contribution in [3.8, 4) is 11.1 Å². The lowest BCUT2D eigenvalue weighted by Gasteiger charge is -2.20.